The number of thiazole rings is 1. The van der Waals surface area contributed by atoms with Gasteiger partial charge in [0, 0.05) is 43.5 Å². The van der Waals surface area contributed by atoms with Crippen molar-refractivity contribution in [1.29, 1.82) is 0 Å². The number of rotatable bonds is 3. The van der Waals surface area contributed by atoms with Gasteiger partial charge in [0.1, 0.15) is 5.69 Å². The Morgan fingerprint density at radius 1 is 1.32 bits per heavy atom. The van der Waals surface area contributed by atoms with Crippen LogP contribution < -0.4 is 0 Å². The Kier molecular flexibility index (Phi) is 3.47. The minimum absolute atomic E-state index is 0.0893. The first-order chi connectivity index (χ1) is 10.7. The van der Waals surface area contributed by atoms with E-state index in [1.165, 1.54) is 22.5 Å². The number of amides is 1. The zero-order valence-electron chi connectivity index (χ0n) is 12.6. The summed E-state index contributed by atoms with van der Waals surface area (Å²) in [5.41, 5.74) is 5.06. The average molecular weight is 313 g/mol. The van der Waals surface area contributed by atoms with Crippen LogP contribution in [0.1, 0.15) is 21.6 Å². The topological polar surface area (TPSA) is 36.4 Å². The Hall–Kier alpha value is -1.72. The molecule has 0 N–H and O–H groups in total. The number of aromatic nitrogens is 1. The van der Waals surface area contributed by atoms with Crippen molar-refractivity contribution >= 4 is 17.2 Å². The van der Waals surface area contributed by atoms with Crippen molar-refractivity contribution in [1.82, 2.24) is 14.8 Å². The Labute approximate surface area is 134 Å². The fourth-order valence-corrected chi connectivity index (χ4v) is 4.11. The minimum Gasteiger partial charge on any atom is -0.335 e. The van der Waals surface area contributed by atoms with E-state index in [1.54, 1.807) is 5.51 Å². The fourth-order valence-electron chi connectivity index (χ4n) is 3.58. The van der Waals surface area contributed by atoms with Crippen LogP contribution in [0.15, 0.2) is 35.2 Å². The van der Waals surface area contributed by atoms with E-state index >= 15 is 0 Å². The molecule has 114 valence electrons. The maximum atomic E-state index is 12.4. The molecule has 22 heavy (non-hydrogen) atoms. The summed E-state index contributed by atoms with van der Waals surface area (Å²) in [5.74, 6) is 0.720. The van der Waals surface area contributed by atoms with Crippen molar-refractivity contribution in [2.45, 2.75) is 19.5 Å². The first kappa shape index (κ1) is 13.9. The highest BCUT2D eigenvalue weighted by Gasteiger charge is 2.46. The van der Waals surface area contributed by atoms with E-state index in [2.05, 4.69) is 41.1 Å². The normalized spacial score (nSPS) is 24.1. The number of hydrogen-bond donors (Lipinski definition) is 0. The monoisotopic (exact) mass is 313 g/mol. The van der Waals surface area contributed by atoms with Crippen LogP contribution in [0.2, 0.25) is 0 Å². The third-order valence-electron chi connectivity index (χ3n) is 4.92. The van der Waals surface area contributed by atoms with Crippen molar-refractivity contribution < 1.29 is 4.79 Å². The van der Waals surface area contributed by atoms with Gasteiger partial charge in [-0.1, -0.05) is 24.3 Å². The lowest BCUT2D eigenvalue weighted by Gasteiger charge is -2.43. The molecule has 0 bridgehead atoms. The highest BCUT2D eigenvalue weighted by molar-refractivity contribution is 7.07. The molecule has 2 fully saturated rings. The summed E-state index contributed by atoms with van der Waals surface area (Å²) in [6.07, 6.45) is 0. The first-order valence-electron chi connectivity index (χ1n) is 7.68. The second-order valence-corrected chi connectivity index (χ2v) is 6.99. The van der Waals surface area contributed by atoms with Crippen LogP contribution >= 0.6 is 11.3 Å². The fraction of sp³-hybridized carbons (Fsp3) is 0.412. The highest BCUT2D eigenvalue weighted by Crippen LogP contribution is 2.34. The largest absolute Gasteiger partial charge is 0.335 e. The third kappa shape index (κ3) is 2.34. The molecule has 1 amide bonds. The number of fused-ring (bicyclic) bond motifs is 1. The molecule has 2 aromatic rings. The van der Waals surface area contributed by atoms with Crippen LogP contribution in [-0.2, 0) is 6.54 Å². The molecule has 0 unspecified atom stereocenters. The summed E-state index contributed by atoms with van der Waals surface area (Å²) in [4.78, 5) is 21.0. The molecule has 2 atom stereocenters. The molecule has 1 aromatic heterocycles. The van der Waals surface area contributed by atoms with Gasteiger partial charge in [-0.2, -0.15) is 0 Å². The van der Waals surface area contributed by atoms with Crippen molar-refractivity contribution in [3.05, 3.63) is 52.0 Å². The molecule has 5 heteroatoms. The standard InChI is InChI=1S/C17H19N3OS/c1-12-4-2-3-5-13(12)6-19-7-14-8-20(9-16(14)19)17(21)15-10-22-11-18-15/h2-5,10-11,14,16H,6-9H2,1H3/t14-,16+/m0/s1. The summed E-state index contributed by atoms with van der Waals surface area (Å²) >= 11 is 1.48. The predicted molar refractivity (Wildman–Crippen MR) is 86.9 cm³/mol. The van der Waals surface area contributed by atoms with Crippen LogP contribution in [-0.4, -0.2) is 46.4 Å². The zero-order chi connectivity index (χ0) is 15.1. The zero-order valence-corrected chi connectivity index (χ0v) is 13.4. The van der Waals surface area contributed by atoms with Crippen LogP contribution in [0.4, 0.5) is 0 Å². The van der Waals surface area contributed by atoms with E-state index in [0.717, 1.165) is 26.2 Å². The number of benzene rings is 1. The Morgan fingerprint density at radius 2 is 2.18 bits per heavy atom. The summed E-state index contributed by atoms with van der Waals surface area (Å²) < 4.78 is 0. The molecule has 4 rings (SSSR count). The second-order valence-electron chi connectivity index (χ2n) is 6.27. The quantitative estimate of drug-likeness (QED) is 0.873. The van der Waals surface area contributed by atoms with Gasteiger partial charge in [0.15, 0.2) is 0 Å². The third-order valence-corrected chi connectivity index (χ3v) is 5.50. The first-order valence-corrected chi connectivity index (χ1v) is 8.62. The van der Waals surface area contributed by atoms with Gasteiger partial charge < -0.3 is 4.90 Å². The smallest absolute Gasteiger partial charge is 0.273 e. The van der Waals surface area contributed by atoms with Crippen molar-refractivity contribution in [2.75, 3.05) is 19.6 Å². The Morgan fingerprint density at radius 3 is 2.95 bits per heavy atom. The lowest BCUT2D eigenvalue weighted by Crippen LogP contribution is -2.54. The summed E-state index contributed by atoms with van der Waals surface area (Å²) in [7, 11) is 0. The molecule has 0 radical (unpaired) electrons. The van der Waals surface area contributed by atoms with Gasteiger partial charge in [0.25, 0.3) is 5.91 Å². The summed E-state index contributed by atoms with van der Waals surface area (Å²) in [6.45, 7) is 5.98. The molecule has 0 aliphatic carbocycles. The highest BCUT2D eigenvalue weighted by atomic mass is 32.1. The van der Waals surface area contributed by atoms with E-state index in [4.69, 9.17) is 0 Å². The second kappa shape index (κ2) is 5.48. The Balaban J connectivity index is 1.41. The van der Waals surface area contributed by atoms with E-state index in [0.29, 0.717) is 17.7 Å². The maximum Gasteiger partial charge on any atom is 0.273 e. The minimum atomic E-state index is 0.0893. The number of likely N-dealkylation sites (tertiary alicyclic amines) is 2. The van der Waals surface area contributed by atoms with Gasteiger partial charge in [-0.05, 0) is 18.1 Å². The number of nitrogens with zero attached hydrogens (tertiary/aromatic N) is 3. The van der Waals surface area contributed by atoms with Crippen LogP contribution in [0, 0.1) is 12.8 Å². The predicted octanol–water partition coefficient (Wildman–Crippen LogP) is 2.41. The average Bonchev–Trinajstić information content (AvgIpc) is 3.14. The Bertz CT molecular complexity index is 685. The molecule has 1 aromatic carbocycles. The number of carbonyl (C=O) groups is 1. The molecule has 3 heterocycles. The number of hydrogen-bond acceptors (Lipinski definition) is 4. The maximum absolute atomic E-state index is 12.4. The van der Waals surface area contributed by atoms with Crippen LogP contribution in [0.5, 0.6) is 0 Å². The van der Waals surface area contributed by atoms with Crippen LogP contribution in [0.25, 0.3) is 0 Å². The molecular formula is C17H19N3OS. The van der Waals surface area contributed by atoms with Crippen molar-refractivity contribution in [3.63, 3.8) is 0 Å². The van der Waals surface area contributed by atoms with Crippen LogP contribution in [0.3, 0.4) is 0 Å². The van der Waals surface area contributed by atoms with Gasteiger partial charge in [0.05, 0.1) is 5.51 Å². The van der Waals surface area contributed by atoms with E-state index in [1.807, 2.05) is 10.3 Å². The van der Waals surface area contributed by atoms with E-state index < -0.39 is 0 Å². The number of carbonyl (C=O) groups excluding carboxylic acids is 1. The number of aryl methyl sites for hydroxylation is 1. The molecule has 4 nitrogen and oxygen atoms in total. The van der Waals surface area contributed by atoms with Gasteiger partial charge in [-0.25, -0.2) is 4.98 Å². The molecular weight excluding hydrogens is 294 g/mol. The summed E-state index contributed by atoms with van der Waals surface area (Å²) in [6, 6.07) is 9.07. The molecule has 2 aliphatic rings. The van der Waals surface area contributed by atoms with Gasteiger partial charge >= 0.3 is 0 Å². The molecule has 2 saturated heterocycles. The van der Waals surface area contributed by atoms with E-state index in [-0.39, 0.29) is 5.91 Å². The van der Waals surface area contributed by atoms with Gasteiger partial charge in [0.2, 0.25) is 0 Å². The SMILES string of the molecule is Cc1ccccc1CN1C[C@H]2CN(C(=O)c3cscn3)C[C@H]21. The lowest BCUT2D eigenvalue weighted by molar-refractivity contribution is 0.0431. The van der Waals surface area contributed by atoms with Gasteiger partial charge in [-0.15, -0.1) is 11.3 Å². The molecule has 0 saturated carbocycles. The van der Waals surface area contributed by atoms with Gasteiger partial charge in [-0.3, -0.25) is 9.69 Å². The van der Waals surface area contributed by atoms with E-state index in [9.17, 15) is 4.79 Å². The van der Waals surface area contributed by atoms with Crippen molar-refractivity contribution in [3.8, 4) is 0 Å². The molecule has 0 spiro atoms. The molecule has 2 aliphatic heterocycles. The summed E-state index contributed by atoms with van der Waals surface area (Å²) in [5, 5.41) is 1.84. The lowest BCUT2D eigenvalue weighted by atomic mass is 9.91. The van der Waals surface area contributed by atoms with Crippen molar-refractivity contribution in [2.24, 2.45) is 5.92 Å².